The Morgan fingerprint density at radius 1 is 1.31 bits per heavy atom. The number of hydrogen-bond donors (Lipinski definition) is 1. The molecule has 0 spiro atoms. The number of aryl methyl sites for hydroxylation is 1. The summed E-state index contributed by atoms with van der Waals surface area (Å²) >= 11 is 1.69. The van der Waals surface area contributed by atoms with Crippen LogP contribution in [0.1, 0.15) is 47.4 Å². The quantitative estimate of drug-likeness (QED) is 0.761. The van der Waals surface area contributed by atoms with E-state index in [9.17, 15) is 9.59 Å². The number of ketones is 1. The lowest BCUT2D eigenvalue weighted by molar-refractivity contribution is -0.136. The van der Waals surface area contributed by atoms with E-state index in [1.54, 1.807) is 11.3 Å². The topological polar surface area (TPSA) is 67.9 Å². The second kappa shape index (κ2) is 8.42. The van der Waals surface area contributed by atoms with Gasteiger partial charge in [-0.2, -0.15) is 0 Å². The average molecular weight is 417 g/mol. The van der Waals surface area contributed by atoms with Gasteiger partial charge in [-0.1, -0.05) is 0 Å². The number of nitrogens with zero attached hydrogens (tertiary/aromatic N) is 1. The number of Topliss-reactive ketones (excluding diaryl/α,β-unsaturated/α-hetero) is 1. The number of allylic oxidation sites excluding steroid dienone is 3. The van der Waals surface area contributed by atoms with Crippen LogP contribution in [-0.2, 0) is 25.6 Å². The van der Waals surface area contributed by atoms with Gasteiger partial charge in [0, 0.05) is 52.8 Å². The van der Waals surface area contributed by atoms with Crippen molar-refractivity contribution in [2.24, 2.45) is 0 Å². The Kier molecular flexibility index (Phi) is 5.90. The zero-order valence-electron chi connectivity index (χ0n) is 17.3. The molecule has 4 rings (SSSR count). The van der Waals surface area contributed by atoms with E-state index in [1.165, 1.54) is 17.6 Å². The lowest BCUT2D eigenvalue weighted by Crippen LogP contribution is -2.35. The van der Waals surface area contributed by atoms with Gasteiger partial charge in [0.2, 0.25) is 0 Å². The van der Waals surface area contributed by atoms with Gasteiger partial charge in [0.05, 0.1) is 31.8 Å². The van der Waals surface area contributed by atoms with Crippen molar-refractivity contribution in [2.45, 2.75) is 45.6 Å². The Hall–Kier alpha value is -1.96. The Morgan fingerprint density at radius 2 is 2.07 bits per heavy atom. The summed E-state index contributed by atoms with van der Waals surface area (Å²) in [6.07, 6.45) is 2.23. The maximum atomic E-state index is 12.9. The molecule has 6 nitrogen and oxygen atoms in total. The van der Waals surface area contributed by atoms with Crippen LogP contribution in [0.5, 0.6) is 0 Å². The SMILES string of the molecule is COC(=O)C1=C(C)NC2=C(C(=O)CCC2)C1c1cc(CN2CCOCC2)c(C)s1. The number of carbonyl (C=O) groups is 2. The van der Waals surface area contributed by atoms with Crippen molar-refractivity contribution in [1.82, 2.24) is 10.2 Å². The summed E-state index contributed by atoms with van der Waals surface area (Å²) in [5.41, 5.74) is 4.33. The maximum Gasteiger partial charge on any atom is 0.336 e. The fraction of sp³-hybridized carbons (Fsp3) is 0.545. The van der Waals surface area contributed by atoms with E-state index in [4.69, 9.17) is 9.47 Å². The van der Waals surface area contributed by atoms with Crippen LogP contribution in [0.15, 0.2) is 28.6 Å². The van der Waals surface area contributed by atoms with Gasteiger partial charge in [-0.25, -0.2) is 4.79 Å². The normalized spacial score (nSPS) is 23.1. The Balaban J connectivity index is 1.73. The van der Waals surface area contributed by atoms with Crippen molar-refractivity contribution in [3.63, 3.8) is 0 Å². The number of esters is 1. The van der Waals surface area contributed by atoms with E-state index in [0.717, 1.165) is 67.5 Å². The van der Waals surface area contributed by atoms with Gasteiger partial charge in [0.1, 0.15) is 0 Å². The van der Waals surface area contributed by atoms with Crippen LogP contribution in [0.4, 0.5) is 0 Å². The molecule has 0 saturated carbocycles. The minimum absolute atomic E-state index is 0.137. The zero-order valence-corrected chi connectivity index (χ0v) is 18.1. The number of ether oxygens (including phenoxy) is 2. The van der Waals surface area contributed by atoms with Crippen molar-refractivity contribution in [3.8, 4) is 0 Å². The minimum Gasteiger partial charge on any atom is -0.466 e. The van der Waals surface area contributed by atoms with Crippen molar-refractivity contribution in [2.75, 3.05) is 33.4 Å². The third-order valence-corrected chi connectivity index (χ3v) is 7.16. The van der Waals surface area contributed by atoms with Gasteiger partial charge in [-0.3, -0.25) is 9.69 Å². The Bertz CT molecular complexity index is 893. The van der Waals surface area contributed by atoms with E-state index in [-0.39, 0.29) is 17.7 Å². The van der Waals surface area contributed by atoms with Crippen LogP contribution >= 0.6 is 11.3 Å². The molecule has 1 aromatic heterocycles. The van der Waals surface area contributed by atoms with Crippen molar-refractivity contribution >= 4 is 23.1 Å². The average Bonchev–Trinajstić information content (AvgIpc) is 3.07. The molecule has 0 radical (unpaired) electrons. The van der Waals surface area contributed by atoms with Crippen LogP contribution in [0.3, 0.4) is 0 Å². The lowest BCUT2D eigenvalue weighted by atomic mass is 9.78. The highest BCUT2D eigenvalue weighted by Crippen LogP contribution is 2.45. The number of dihydropyridines is 1. The van der Waals surface area contributed by atoms with Gasteiger partial charge >= 0.3 is 5.97 Å². The van der Waals surface area contributed by atoms with Crippen LogP contribution < -0.4 is 5.32 Å². The number of rotatable bonds is 4. The molecule has 1 aromatic rings. The van der Waals surface area contributed by atoms with Crippen molar-refractivity contribution < 1.29 is 19.1 Å². The molecule has 156 valence electrons. The largest absolute Gasteiger partial charge is 0.466 e. The molecule has 0 aromatic carbocycles. The van der Waals surface area contributed by atoms with Crippen LogP contribution in [0.2, 0.25) is 0 Å². The van der Waals surface area contributed by atoms with Gasteiger partial charge in [-0.15, -0.1) is 11.3 Å². The first-order valence-corrected chi connectivity index (χ1v) is 11.0. The predicted molar refractivity (Wildman–Crippen MR) is 112 cm³/mol. The number of thiophene rings is 1. The van der Waals surface area contributed by atoms with Gasteiger partial charge in [0.15, 0.2) is 5.78 Å². The van der Waals surface area contributed by atoms with Gasteiger partial charge in [0.25, 0.3) is 0 Å². The Labute approximate surface area is 175 Å². The number of morpholine rings is 1. The molecule has 1 atom stereocenters. The minimum atomic E-state index is -0.370. The molecule has 3 heterocycles. The molecule has 7 heteroatoms. The summed E-state index contributed by atoms with van der Waals surface area (Å²) in [4.78, 5) is 30.2. The molecule has 3 aliphatic rings. The molecular formula is C22H28N2O4S. The molecule has 1 N–H and O–H groups in total. The van der Waals surface area contributed by atoms with Crippen LogP contribution in [0.25, 0.3) is 0 Å². The number of carbonyl (C=O) groups excluding carboxylic acids is 2. The molecule has 2 aliphatic heterocycles. The van der Waals surface area contributed by atoms with Gasteiger partial charge in [-0.05, 0) is 38.3 Å². The van der Waals surface area contributed by atoms with Crippen LogP contribution in [0, 0.1) is 6.92 Å². The summed E-state index contributed by atoms with van der Waals surface area (Å²) < 4.78 is 10.6. The summed E-state index contributed by atoms with van der Waals surface area (Å²) in [6, 6.07) is 2.19. The first-order valence-electron chi connectivity index (χ1n) is 10.2. The van der Waals surface area contributed by atoms with E-state index in [1.807, 2.05) is 6.92 Å². The second-order valence-electron chi connectivity index (χ2n) is 7.88. The van der Waals surface area contributed by atoms with Crippen molar-refractivity contribution in [1.29, 1.82) is 0 Å². The molecule has 1 unspecified atom stereocenters. The summed E-state index contributed by atoms with van der Waals surface area (Å²) in [7, 11) is 1.40. The van der Waals surface area contributed by atoms with E-state index >= 15 is 0 Å². The van der Waals surface area contributed by atoms with Crippen LogP contribution in [-0.4, -0.2) is 50.1 Å². The van der Waals surface area contributed by atoms with E-state index in [0.29, 0.717) is 12.0 Å². The summed E-state index contributed by atoms with van der Waals surface area (Å²) in [5, 5.41) is 3.32. The first kappa shape index (κ1) is 20.3. The fourth-order valence-electron chi connectivity index (χ4n) is 4.49. The third kappa shape index (κ3) is 3.91. The number of nitrogens with one attached hydrogen (secondary N) is 1. The standard InChI is InChI=1S/C22H28N2O4S/c1-13-19(22(26)27-3)21(20-16(23-13)5-4-6-17(20)25)18-11-15(14(2)29-18)12-24-7-9-28-10-8-24/h11,21,23H,4-10,12H2,1-3H3. The summed E-state index contributed by atoms with van der Waals surface area (Å²) in [5.74, 6) is -0.571. The number of hydrogen-bond acceptors (Lipinski definition) is 7. The molecule has 1 aliphatic carbocycles. The third-order valence-electron chi connectivity index (χ3n) is 6.00. The highest BCUT2D eigenvalue weighted by Gasteiger charge is 2.39. The Morgan fingerprint density at radius 3 is 2.79 bits per heavy atom. The molecule has 0 amide bonds. The molecule has 1 saturated heterocycles. The maximum absolute atomic E-state index is 12.9. The predicted octanol–water partition coefficient (Wildman–Crippen LogP) is 3.03. The fourth-order valence-corrected chi connectivity index (χ4v) is 5.66. The molecule has 1 fully saturated rings. The molecular weight excluding hydrogens is 388 g/mol. The molecule has 0 bridgehead atoms. The highest BCUT2D eigenvalue weighted by atomic mass is 32.1. The highest BCUT2D eigenvalue weighted by molar-refractivity contribution is 7.12. The first-order chi connectivity index (χ1) is 14.0. The van der Waals surface area contributed by atoms with E-state index < -0.39 is 0 Å². The second-order valence-corrected chi connectivity index (χ2v) is 9.16. The lowest BCUT2D eigenvalue weighted by Gasteiger charge is -2.33. The smallest absolute Gasteiger partial charge is 0.336 e. The number of methoxy groups -OCH3 is 1. The summed E-state index contributed by atoms with van der Waals surface area (Å²) in [6.45, 7) is 8.28. The zero-order chi connectivity index (χ0) is 20.5. The van der Waals surface area contributed by atoms with Gasteiger partial charge < -0.3 is 14.8 Å². The molecule has 29 heavy (non-hydrogen) atoms. The van der Waals surface area contributed by atoms with Crippen molar-refractivity contribution in [3.05, 3.63) is 43.9 Å². The van der Waals surface area contributed by atoms with E-state index in [2.05, 4.69) is 23.2 Å². The monoisotopic (exact) mass is 416 g/mol.